The number of carbonyl (C=O) groups is 2. The zero-order valence-corrected chi connectivity index (χ0v) is 12.6. The van der Waals surface area contributed by atoms with Gasteiger partial charge in [-0.3, -0.25) is 4.79 Å². The zero-order chi connectivity index (χ0) is 16.1. The van der Waals surface area contributed by atoms with Crippen LogP contribution in [0.25, 0.3) is 0 Å². The smallest absolute Gasteiger partial charge is 0.355 e. The fraction of sp³-hybridized carbons (Fsp3) is 0.154. The number of thiazole rings is 1. The maximum absolute atomic E-state index is 12.2. The van der Waals surface area contributed by atoms with E-state index in [-0.39, 0.29) is 18.1 Å². The van der Waals surface area contributed by atoms with Gasteiger partial charge in [0.15, 0.2) is 5.69 Å². The number of aromatic carboxylic acids is 1. The van der Waals surface area contributed by atoms with Crippen LogP contribution < -0.4 is 5.32 Å². The number of alkyl halides is 2. The van der Waals surface area contributed by atoms with Gasteiger partial charge < -0.3 is 10.4 Å². The van der Waals surface area contributed by atoms with Crippen molar-refractivity contribution in [1.82, 2.24) is 10.3 Å². The number of nitrogens with one attached hydrogen (secondary N) is 1. The second-order valence-corrected chi connectivity index (χ2v) is 6.02. The Kier molecular flexibility index (Phi) is 5.45. The van der Waals surface area contributed by atoms with Crippen LogP contribution in [-0.4, -0.2) is 27.7 Å². The Hall–Kier alpha value is -2.00. The van der Waals surface area contributed by atoms with Crippen LogP contribution in [0.1, 0.15) is 25.9 Å². The van der Waals surface area contributed by atoms with Crippen molar-refractivity contribution in [3.8, 4) is 0 Å². The summed E-state index contributed by atoms with van der Waals surface area (Å²) in [7, 11) is 0. The standard InChI is InChI=1S/C13H10F2N2O3S2/c14-13(15)22-8-3-1-7(2-4-8)11(18)16-5-10-17-9(6-21-10)12(19)20/h1-4,6,13H,5H2,(H,16,18)(H,19,20). The molecule has 0 unspecified atom stereocenters. The minimum atomic E-state index is -2.51. The van der Waals surface area contributed by atoms with Crippen molar-refractivity contribution in [3.05, 3.63) is 45.9 Å². The topological polar surface area (TPSA) is 79.3 Å². The van der Waals surface area contributed by atoms with E-state index in [1.165, 1.54) is 29.6 Å². The van der Waals surface area contributed by atoms with E-state index < -0.39 is 11.7 Å². The highest BCUT2D eigenvalue weighted by atomic mass is 32.2. The third-order valence-electron chi connectivity index (χ3n) is 2.51. The van der Waals surface area contributed by atoms with E-state index in [1.54, 1.807) is 0 Å². The second kappa shape index (κ2) is 7.32. The van der Waals surface area contributed by atoms with Gasteiger partial charge >= 0.3 is 5.97 Å². The van der Waals surface area contributed by atoms with Gasteiger partial charge in [-0.05, 0) is 24.3 Å². The molecule has 9 heteroatoms. The molecule has 2 rings (SSSR count). The number of carboxylic acid groups (broad SMARTS) is 1. The van der Waals surface area contributed by atoms with Crippen LogP contribution in [0.3, 0.4) is 0 Å². The summed E-state index contributed by atoms with van der Waals surface area (Å²) in [6.07, 6.45) is 0. The number of amides is 1. The highest BCUT2D eigenvalue weighted by Crippen LogP contribution is 2.25. The molecular weight excluding hydrogens is 334 g/mol. The molecule has 0 aliphatic carbocycles. The molecule has 1 amide bonds. The van der Waals surface area contributed by atoms with Gasteiger partial charge in [-0.25, -0.2) is 9.78 Å². The van der Waals surface area contributed by atoms with E-state index in [2.05, 4.69) is 10.3 Å². The van der Waals surface area contributed by atoms with E-state index in [0.29, 0.717) is 27.2 Å². The summed E-state index contributed by atoms with van der Waals surface area (Å²) >= 11 is 1.54. The summed E-state index contributed by atoms with van der Waals surface area (Å²) in [5, 5.41) is 13.2. The first-order valence-electron chi connectivity index (χ1n) is 5.96. The summed E-state index contributed by atoms with van der Waals surface area (Å²) in [5.41, 5.74) is 0.260. The third-order valence-corrected chi connectivity index (χ3v) is 4.08. The molecule has 0 bridgehead atoms. The summed E-state index contributed by atoms with van der Waals surface area (Å²) in [6, 6.07) is 5.78. The summed E-state index contributed by atoms with van der Waals surface area (Å²) in [5.74, 6) is -4.02. The molecule has 116 valence electrons. The van der Waals surface area contributed by atoms with E-state index in [1.807, 2.05) is 0 Å². The normalized spacial score (nSPS) is 10.7. The maximum atomic E-state index is 12.2. The van der Waals surface area contributed by atoms with Crippen LogP contribution in [0.2, 0.25) is 0 Å². The first-order chi connectivity index (χ1) is 10.5. The number of benzene rings is 1. The molecule has 1 aromatic heterocycles. The van der Waals surface area contributed by atoms with Gasteiger partial charge in [0.25, 0.3) is 11.7 Å². The molecule has 0 saturated heterocycles. The van der Waals surface area contributed by atoms with E-state index in [4.69, 9.17) is 5.11 Å². The Morgan fingerprint density at radius 1 is 1.32 bits per heavy atom. The van der Waals surface area contributed by atoms with Crippen LogP contribution in [0.4, 0.5) is 8.78 Å². The van der Waals surface area contributed by atoms with Gasteiger partial charge in [0, 0.05) is 15.8 Å². The Balaban J connectivity index is 1.92. The van der Waals surface area contributed by atoms with Crippen molar-refractivity contribution in [2.75, 3.05) is 0 Å². The molecule has 0 atom stereocenters. The van der Waals surface area contributed by atoms with Crippen LogP contribution in [0.5, 0.6) is 0 Å². The van der Waals surface area contributed by atoms with Crippen molar-refractivity contribution >= 4 is 35.0 Å². The average molecular weight is 344 g/mol. The lowest BCUT2D eigenvalue weighted by atomic mass is 10.2. The fourth-order valence-electron chi connectivity index (χ4n) is 1.54. The van der Waals surface area contributed by atoms with Gasteiger partial charge in [-0.2, -0.15) is 8.78 Å². The predicted molar refractivity (Wildman–Crippen MR) is 78.5 cm³/mol. The predicted octanol–water partition coefficient (Wildman–Crippen LogP) is 3.09. The quantitative estimate of drug-likeness (QED) is 0.787. The van der Waals surface area contributed by atoms with Gasteiger partial charge in [0.2, 0.25) is 0 Å². The number of carbonyl (C=O) groups excluding carboxylic acids is 1. The molecule has 5 nitrogen and oxygen atoms in total. The van der Waals surface area contributed by atoms with Crippen LogP contribution >= 0.6 is 23.1 Å². The molecule has 0 spiro atoms. The monoisotopic (exact) mass is 344 g/mol. The number of thioether (sulfide) groups is 1. The Labute approximate surface area is 132 Å². The van der Waals surface area contributed by atoms with Crippen molar-refractivity contribution < 1.29 is 23.5 Å². The highest BCUT2D eigenvalue weighted by Gasteiger charge is 2.11. The number of hydrogen-bond acceptors (Lipinski definition) is 5. The first kappa shape index (κ1) is 16.4. The SMILES string of the molecule is O=C(NCc1nc(C(=O)O)cs1)c1ccc(SC(F)F)cc1. The minimum absolute atomic E-state index is 0.0670. The molecule has 22 heavy (non-hydrogen) atoms. The Morgan fingerprint density at radius 3 is 2.55 bits per heavy atom. The van der Waals surface area contributed by atoms with Crippen molar-refractivity contribution in [2.24, 2.45) is 0 Å². The van der Waals surface area contributed by atoms with Crippen molar-refractivity contribution in [3.63, 3.8) is 0 Å². The third kappa shape index (κ3) is 4.50. The summed E-state index contributed by atoms with van der Waals surface area (Å²) < 4.78 is 24.4. The van der Waals surface area contributed by atoms with Crippen molar-refractivity contribution in [1.29, 1.82) is 0 Å². The molecule has 0 radical (unpaired) electrons. The van der Waals surface area contributed by atoms with Crippen LogP contribution in [-0.2, 0) is 6.54 Å². The summed E-state index contributed by atoms with van der Waals surface area (Å²) in [6.45, 7) is 0.102. The lowest BCUT2D eigenvalue weighted by Gasteiger charge is -2.04. The first-order valence-corrected chi connectivity index (χ1v) is 7.72. The van der Waals surface area contributed by atoms with Gasteiger partial charge in [-0.1, -0.05) is 11.8 Å². The number of aromatic nitrogens is 1. The largest absolute Gasteiger partial charge is 0.476 e. The number of nitrogens with zero attached hydrogens (tertiary/aromatic N) is 1. The lowest BCUT2D eigenvalue weighted by molar-refractivity contribution is 0.0691. The Bertz CT molecular complexity index is 674. The molecular formula is C13H10F2N2O3S2. The molecule has 1 heterocycles. The van der Waals surface area contributed by atoms with E-state index in [9.17, 15) is 18.4 Å². The van der Waals surface area contributed by atoms with E-state index >= 15 is 0 Å². The Morgan fingerprint density at radius 2 is 2.00 bits per heavy atom. The number of hydrogen-bond donors (Lipinski definition) is 2. The van der Waals surface area contributed by atoms with Gasteiger partial charge in [0.05, 0.1) is 6.54 Å². The maximum Gasteiger partial charge on any atom is 0.355 e. The molecule has 0 fully saturated rings. The summed E-state index contributed by atoms with van der Waals surface area (Å²) in [4.78, 5) is 26.8. The second-order valence-electron chi connectivity index (χ2n) is 4.02. The van der Waals surface area contributed by atoms with Gasteiger partial charge in [-0.15, -0.1) is 11.3 Å². The number of rotatable bonds is 6. The van der Waals surface area contributed by atoms with Crippen molar-refractivity contribution in [2.45, 2.75) is 17.2 Å². The van der Waals surface area contributed by atoms with E-state index in [0.717, 1.165) is 11.3 Å². The molecule has 0 aliphatic heterocycles. The van der Waals surface area contributed by atoms with Gasteiger partial charge in [0.1, 0.15) is 5.01 Å². The lowest BCUT2D eigenvalue weighted by Crippen LogP contribution is -2.22. The van der Waals surface area contributed by atoms with Crippen LogP contribution in [0, 0.1) is 0 Å². The molecule has 1 aromatic carbocycles. The highest BCUT2D eigenvalue weighted by molar-refractivity contribution is 7.99. The molecule has 2 aromatic rings. The minimum Gasteiger partial charge on any atom is -0.476 e. The fourth-order valence-corrected chi connectivity index (χ4v) is 2.74. The number of carboxylic acids is 1. The molecule has 0 aliphatic rings. The zero-order valence-electron chi connectivity index (χ0n) is 11.0. The average Bonchev–Trinajstić information content (AvgIpc) is 2.94. The number of halogens is 2. The molecule has 2 N–H and O–H groups in total. The van der Waals surface area contributed by atoms with Crippen LogP contribution in [0.15, 0.2) is 34.5 Å². The molecule has 0 saturated carbocycles.